The summed E-state index contributed by atoms with van der Waals surface area (Å²) in [5, 5.41) is 17.8. The number of rotatable bonds is 6. The van der Waals surface area contributed by atoms with E-state index in [0.717, 1.165) is 24.0 Å². The van der Waals surface area contributed by atoms with Crippen LogP contribution in [0.15, 0.2) is 66.9 Å². The van der Waals surface area contributed by atoms with Crippen molar-refractivity contribution >= 4 is 34.4 Å². The van der Waals surface area contributed by atoms with Gasteiger partial charge < -0.3 is 10.4 Å². The van der Waals surface area contributed by atoms with Gasteiger partial charge in [-0.1, -0.05) is 54.1 Å². The number of carbonyl (C=O) groups excluding carboxylic acids is 1. The van der Waals surface area contributed by atoms with Gasteiger partial charge in [-0.25, -0.2) is 4.39 Å². The minimum Gasteiger partial charge on any atom is -0.481 e. The summed E-state index contributed by atoms with van der Waals surface area (Å²) in [6.07, 6.45) is 4.55. The fourth-order valence-corrected chi connectivity index (χ4v) is 6.21. The van der Waals surface area contributed by atoms with Crippen molar-refractivity contribution in [2.24, 2.45) is 11.3 Å². The Morgan fingerprint density at radius 2 is 1.81 bits per heavy atom. The predicted molar refractivity (Wildman–Crippen MR) is 139 cm³/mol. The van der Waals surface area contributed by atoms with E-state index in [1.807, 2.05) is 36.4 Å². The summed E-state index contributed by atoms with van der Waals surface area (Å²) in [6.45, 7) is 0.162. The average Bonchev–Trinajstić information content (AvgIpc) is 3.22. The van der Waals surface area contributed by atoms with Crippen LogP contribution in [-0.4, -0.2) is 32.8 Å². The molecule has 3 aromatic carbocycles. The van der Waals surface area contributed by atoms with Gasteiger partial charge in [-0.05, 0) is 60.4 Å². The van der Waals surface area contributed by atoms with Crippen LogP contribution in [0.4, 0.5) is 4.39 Å². The summed E-state index contributed by atoms with van der Waals surface area (Å²) in [4.78, 5) is 24.4. The molecule has 37 heavy (non-hydrogen) atoms. The largest absolute Gasteiger partial charge is 0.481 e. The topological polar surface area (TPSA) is 84.2 Å². The first-order valence-electron chi connectivity index (χ1n) is 12.3. The number of aromatic nitrogens is 2. The number of hydrogen-bond donors (Lipinski definition) is 2. The lowest BCUT2D eigenvalue weighted by molar-refractivity contribution is -0.155. The van der Waals surface area contributed by atoms with E-state index < -0.39 is 5.97 Å². The maximum atomic E-state index is 15.1. The zero-order chi connectivity index (χ0) is 25.7. The zero-order valence-electron chi connectivity index (χ0n) is 20.0. The summed E-state index contributed by atoms with van der Waals surface area (Å²) in [6, 6.07) is 18.1. The van der Waals surface area contributed by atoms with Gasteiger partial charge in [0.1, 0.15) is 5.82 Å². The van der Waals surface area contributed by atoms with Crippen LogP contribution in [0, 0.1) is 17.2 Å². The fourth-order valence-electron chi connectivity index (χ4n) is 5.98. The number of nitrogens with zero attached hydrogens (tertiary/aromatic N) is 2. The van der Waals surface area contributed by atoms with Crippen LogP contribution in [0.25, 0.3) is 22.0 Å². The molecule has 4 aromatic rings. The van der Waals surface area contributed by atoms with Gasteiger partial charge in [-0.2, -0.15) is 5.10 Å². The zero-order valence-corrected chi connectivity index (χ0v) is 20.7. The van der Waals surface area contributed by atoms with E-state index in [0.29, 0.717) is 39.9 Å². The van der Waals surface area contributed by atoms with Crippen LogP contribution < -0.4 is 5.32 Å². The van der Waals surface area contributed by atoms with Crippen molar-refractivity contribution in [2.75, 3.05) is 0 Å². The molecule has 0 unspecified atom stereocenters. The first kappa shape index (κ1) is 23.7. The molecule has 0 saturated heterocycles. The minimum absolute atomic E-state index is 0.00405. The summed E-state index contributed by atoms with van der Waals surface area (Å²) in [7, 11) is 0. The van der Waals surface area contributed by atoms with Crippen molar-refractivity contribution in [3.63, 3.8) is 0 Å². The van der Waals surface area contributed by atoms with Gasteiger partial charge in [0.05, 0.1) is 29.7 Å². The van der Waals surface area contributed by atoms with Gasteiger partial charge >= 0.3 is 5.97 Å². The summed E-state index contributed by atoms with van der Waals surface area (Å²) < 4.78 is 16.7. The predicted octanol–water partition coefficient (Wildman–Crippen LogP) is 5.92. The third-order valence-corrected chi connectivity index (χ3v) is 8.04. The van der Waals surface area contributed by atoms with Crippen LogP contribution in [0.1, 0.15) is 41.6 Å². The molecule has 6 nitrogen and oxygen atoms in total. The molecule has 0 bridgehead atoms. The summed E-state index contributed by atoms with van der Waals surface area (Å²) in [5.41, 5.74) is 3.22. The molecule has 0 radical (unpaired) electrons. The Morgan fingerprint density at radius 3 is 2.51 bits per heavy atom. The second-order valence-electron chi connectivity index (χ2n) is 10.4. The van der Waals surface area contributed by atoms with Crippen molar-refractivity contribution in [2.45, 2.75) is 38.3 Å². The molecule has 1 spiro atoms. The second kappa shape index (κ2) is 8.99. The quantitative estimate of drug-likeness (QED) is 0.332. The SMILES string of the molecule is O=C(NC1CC2(C1)CC(C(=O)O)C2)c1cc(Cl)cc2cnn(Cc3ccc(-c4ccccc4)cc3F)c12. The van der Waals surface area contributed by atoms with E-state index >= 15 is 4.39 Å². The van der Waals surface area contributed by atoms with E-state index in [-0.39, 0.29) is 35.6 Å². The van der Waals surface area contributed by atoms with Gasteiger partial charge in [-0.3, -0.25) is 14.3 Å². The highest BCUT2D eigenvalue weighted by atomic mass is 35.5. The lowest BCUT2D eigenvalue weighted by atomic mass is 9.50. The van der Waals surface area contributed by atoms with Crippen molar-refractivity contribution in [1.29, 1.82) is 0 Å². The van der Waals surface area contributed by atoms with Crippen LogP contribution in [0.5, 0.6) is 0 Å². The van der Waals surface area contributed by atoms with E-state index in [1.54, 1.807) is 29.1 Å². The Labute approximate surface area is 218 Å². The molecule has 0 aliphatic heterocycles. The molecule has 6 rings (SSSR count). The van der Waals surface area contributed by atoms with Crippen molar-refractivity contribution < 1.29 is 19.1 Å². The molecular weight excluding hydrogens is 493 g/mol. The van der Waals surface area contributed by atoms with E-state index in [9.17, 15) is 9.59 Å². The molecule has 1 heterocycles. The highest BCUT2D eigenvalue weighted by Gasteiger charge is 2.55. The molecule has 2 N–H and O–H groups in total. The maximum absolute atomic E-state index is 15.1. The fraction of sp³-hybridized carbons (Fsp3) is 0.276. The Balaban J connectivity index is 1.22. The maximum Gasteiger partial charge on any atom is 0.306 e. The number of nitrogens with one attached hydrogen (secondary N) is 1. The second-order valence-corrected chi connectivity index (χ2v) is 10.8. The molecule has 188 valence electrons. The van der Waals surface area contributed by atoms with Crippen molar-refractivity contribution in [3.8, 4) is 11.1 Å². The minimum atomic E-state index is -0.737. The van der Waals surface area contributed by atoms with Crippen molar-refractivity contribution in [1.82, 2.24) is 15.1 Å². The molecule has 2 aliphatic carbocycles. The third-order valence-electron chi connectivity index (χ3n) is 7.83. The molecular formula is C29H25ClFN3O3. The number of hydrogen-bond acceptors (Lipinski definition) is 3. The van der Waals surface area contributed by atoms with E-state index in [1.165, 1.54) is 6.07 Å². The van der Waals surface area contributed by atoms with Gasteiger partial charge in [0, 0.05) is 22.0 Å². The number of halogens is 2. The molecule has 1 amide bonds. The summed E-state index contributed by atoms with van der Waals surface area (Å²) >= 11 is 6.31. The van der Waals surface area contributed by atoms with Gasteiger partial charge in [-0.15, -0.1) is 0 Å². The van der Waals surface area contributed by atoms with Crippen LogP contribution >= 0.6 is 11.6 Å². The number of carboxylic acids is 1. The Kier molecular flexibility index (Phi) is 5.75. The Bertz CT molecular complexity index is 1520. The molecule has 0 atom stereocenters. The molecule has 8 heteroatoms. The Morgan fingerprint density at radius 1 is 1.05 bits per heavy atom. The van der Waals surface area contributed by atoms with E-state index in [4.69, 9.17) is 16.7 Å². The standard InChI is InChI=1S/C29H25ClFN3O3/c30-22-8-20-15-32-34(16-19-7-6-18(9-25(19)31)17-4-2-1-3-5-17)26(20)24(10-22)27(35)33-23-13-29(14-23)11-21(12-29)28(36)37/h1-10,15,21,23H,11-14,16H2,(H,33,35)(H,36,37). The smallest absolute Gasteiger partial charge is 0.306 e. The number of amides is 1. The van der Waals surface area contributed by atoms with Gasteiger partial charge in [0.2, 0.25) is 0 Å². The normalized spacial score (nSPS) is 22.4. The van der Waals surface area contributed by atoms with Gasteiger partial charge in [0.15, 0.2) is 0 Å². The first-order chi connectivity index (χ1) is 17.8. The summed E-state index contributed by atoms with van der Waals surface area (Å²) in [5.74, 6) is -1.60. The van der Waals surface area contributed by atoms with Gasteiger partial charge in [0.25, 0.3) is 5.91 Å². The molecule has 1 aromatic heterocycles. The molecule has 2 aliphatic rings. The van der Waals surface area contributed by atoms with E-state index in [2.05, 4.69) is 10.4 Å². The molecule has 2 fully saturated rings. The highest BCUT2D eigenvalue weighted by molar-refractivity contribution is 6.32. The lowest BCUT2D eigenvalue weighted by Gasteiger charge is -2.56. The van der Waals surface area contributed by atoms with Crippen LogP contribution in [0.3, 0.4) is 0 Å². The monoisotopic (exact) mass is 517 g/mol. The number of carboxylic acid groups (broad SMARTS) is 1. The van der Waals surface area contributed by atoms with Crippen molar-refractivity contribution in [3.05, 3.63) is 88.8 Å². The Hall–Kier alpha value is -3.71. The highest BCUT2D eigenvalue weighted by Crippen LogP contribution is 2.58. The average molecular weight is 518 g/mol. The molecule has 2 saturated carbocycles. The number of benzene rings is 3. The number of aliphatic carboxylic acids is 1. The number of fused-ring (bicyclic) bond motifs is 1. The van der Waals surface area contributed by atoms with Crippen LogP contribution in [0.2, 0.25) is 5.02 Å². The lowest BCUT2D eigenvalue weighted by Crippen LogP contribution is -2.57. The third kappa shape index (κ3) is 4.37. The first-order valence-corrected chi connectivity index (χ1v) is 12.7. The number of carbonyl (C=O) groups is 2. The van der Waals surface area contributed by atoms with Crippen LogP contribution in [-0.2, 0) is 11.3 Å².